The van der Waals surface area contributed by atoms with Crippen molar-refractivity contribution in [2.45, 2.75) is 31.9 Å². The molecule has 0 spiro atoms. The minimum absolute atomic E-state index is 0. The number of guanidine groups is 1. The molecule has 0 aliphatic carbocycles. The fraction of sp³-hybridized carbons (Fsp3) is 0.500. The summed E-state index contributed by atoms with van der Waals surface area (Å²) >= 11 is 7.71. The van der Waals surface area contributed by atoms with Crippen molar-refractivity contribution in [2.75, 3.05) is 25.9 Å². The van der Waals surface area contributed by atoms with Crippen molar-refractivity contribution in [1.82, 2.24) is 20.8 Å². The predicted molar refractivity (Wildman–Crippen MR) is 125 cm³/mol. The van der Waals surface area contributed by atoms with Crippen LogP contribution >= 0.6 is 47.3 Å². The zero-order valence-corrected chi connectivity index (χ0v) is 20.0. The maximum Gasteiger partial charge on any atom is 0.228 e. The van der Waals surface area contributed by atoms with Gasteiger partial charge in [0.25, 0.3) is 0 Å². The fourth-order valence-corrected chi connectivity index (χ4v) is 2.36. The van der Waals surface area contributed by atoms with Gasteiger partial charge in [-0.1, -0.05) is 16.8 Å². The number of benzene rings is 1. The van der Waals surface area contributed by atoms with Crippen LogP contribution in [0.3, 0.4) is 0 Å². The van der Waals surface area contributed by atoms with E-state index in [4.69, 9.17) is 16.1 Å². The van der Waals surface area contributed by atoms with E-state index in [0.29, 0.717) is 29.7 Å². The molecule has 0 saturated carbocycles. The predicted octanol–water partition coefficient (Wildman–Crippen LogP) is 4.25. The van der Waals surface area contributed by atoms with Gasteiger partial charge in [0.2, 0.25) is 11.7 Å². The van der Waals surface area contributed by atoms with Crippen LogP contribution in [0, 0.1) is 0 Å². The minimum Gasteiger partial charge on any atom is -0.357 e. The first-order valence-corrected chi connectivity index (χ1v) is 10.2. The van der Waals surface area contributed by atoms with E-state index in [1.165, 1.54) is 0 Å². The minimum atomic E-state index is 0. The van der Waals surface area contributed by atoms with Gasteiger partial charge in [0.15, 0.2) is 5.96 Å². The third-order valence-electron chi connectivity index (χ3n) is 3.72. The molecule has 0 bridgehead atoms. The lowest BCUT2D eigenvalue weighted by atomic mass is 10.2. The van der Waals surface area contributed by atoms with Gasteiger partial charge in [-0.15, -0.1) is 24.0 Å². The Labute approximate surface area is 187 Å². The van der Waals surface area contributed by atoms with Crippen LogP contribution in [-0.4, -0.2) is 46.7 Å². The van der Waals surface area contributed by atoms with E-state index in [2.05, 4.69) is 45.9 Å². The Kier molecular flexibility index (Phi) is 10.5. The average Bonchev–Trinajstić information content (AvgIpc) is 3.09. The van der Waals surface area contributed by atoms with Gasteiger partial charge >= 0.3 is 0 Å². The van der Waals surface area contributed by atoms with Gasteiger partial charge in [0.1, 0.15) is 0 Å². The monoisotopic (exact) mass is 523 g/mol. The lowest BCUT2D eigenvalue weighted by Crippen LogP contribution is -2.39. The lowest BCUT2D eigenvalue weighted by molar-refractivity contribution is 0.378. The Hall–Kier alpha value is -1.000. The molecule has 6 nitrogen and oxygen atoms in total. The highest BCUT2D eigenvalue weighted by Gasteiger charge is 2.15. The standard InChI is InChI=1S/C18H26ClN5OS.HI/c1-5-20-17(22-12-18(2,3)26-4)21-11-10-15-23-16(24-25-15)13-6-8-14(19)9-7-13;/h6-9H,5,10-12H2,1-4H3,(H2,20,21,22);1H. The van der Waals surface area contributed by atoms with Gasteiger partial charge in [-0.3, -0.25) is 4.99 Å². The Morgan fingerprint density at radius 2 is 1.96 bits per heavy atom. The third kappa shape index (κ3) is 8.27. The van der Waals surface area contributed by atoms with Crippen molar-refractivity contribution in [3.05, 3.63) is 35.2 Å². The molecular formula is C18H27ClIN5OS. The summed E-state index contributed by atoms with van der Waals surface area (Å²) in [5, 5.41) is 11.3. The SMILES string of the molecule is CCNC(=NCC(C)(C)SC)NCCc1nc(-c2ccc(Cl)cc2)no1.I. The van der Waals surface area contributed by atoms with Gasteiger partial charge in [-0.25, -0.2) is 0 Å². The zero-order chi connectivity index (χ0) is 19.0. The second-order valence-corrected chi connectivity index (χ2v) is 8.30. The van der Waals surface area contributed by atoms with E-state index in [0.717, 1.165) is 24.6 Å². The number of nitrogens with one attached hydrogen (secondary N) is 2. The van der Waals surface area contributed by atoms with Crippen LogP contribution in [0.15, 0.2) is 33.8 Å². The molecule has 1 heterocycles. The van der Waals surface area contributed by atoms with Crippen LogP contribution in [0.25, 0.3) is 11.4 Å². The Balaban J connectivity index is 0.00000364. The topological polar surface area (TPSA) is 75.3 Å². The first-order valence-electron chi connectivity index (χ1n) is 8.59. The van der Waals surface area contributed by atoms with Gasteiger partial charge in [-0.2, -0.15) is 16.7 Å². The van der Waals surface area contributed by atoms with Gasteiger partial charge in [-0.05, 0) is 51.3 Å². The second-order valence-electron chi connectivity index (χ2n) is 6.35. The molecule has 1 aromatic carbocycles. The van der Waals surface area contributed by atoms with Crippen molar-refractivity contribution in [3.63, 3.8) is 0 Å². The molecule has 150 valence electrons. The molecule has 0 unspecified atom stereocenters. The number of thioether (sulfide) groups is 1. The molecule has 27 heavy (non-hydrogen) atoms. The molecule has 2 N–H and O–H groups in total. The molecule has 2 rings (SSSR count). The quantitative estimate of drug-likeness (QED) is 0.306. The number of hydrogen-bond donors (Lipinski definition) is 2. The van der Waals surface area contributed by atoms with E-state index < -0.39 is 0 Å². The molecule has 0 atom stereocenters. The molecule has 0 aliphatic rings. The highest BCUT2D eigenvalue weighted by atomic mass is 127. The normalized spacial score (nSPS) is 11.8. The smallest absolute Gasteiger partial charge is 0.228 e. The summed E-state index contributed by atoms with van der Waals surface area (Å²) in [7, 11) is 0. The maximum atomic E-state index is 5.90. The van der Waals surface area contributed by atoms with E-state index in [1.807, 2.05) is 31.2 Å². The lowest BCUT2D eigenvalue weighted by Gasteiger charge is -2.20. The number of aliphatic imine (C=N–C) groups is 1. The molecule has 0 fully saturated rings. The molecule has 0 radical (unpaired) electrons. The van der Waals surface area contributed by atoms with Crippen molar-refractivity contribution < 1.29 is 4.52 Å². The fourth-order valence-electron chi connectivity index (χ4n) is 2.04. The summed E-state index contributed by atoms with van der Waals surface area (Å²) < 4.78 is 5.44. The highest BCUT2D eigenvalue weighted by molar-refractivity contribution is 14.0. The van der Waals surface area contributed by atoms with E-state index in [9.17, 15) is 0 Å². The first kappa shape index (κ1) is 24.0. The highest BCUT2D eigenvalue weighted by Crippen LogP contribution is 2.21. The molecule has 0 aliphatic heterocycles. The number of hydrogen-bond acceptors (Lipinski definition) is 5. The zero-order valence-electron chi connectivity index (χ0n) is 16.1. The summed E-state index contributed by atoms with van der Waals surface area (Å²) in [6, 6.07) is 7.37. The van der Waals surface area contributed by atoms with Crippen molar-refractivity contribution in [3.8, 4) is 11.4 Å². The van der Waals surface area contributed by atoms with Crippen LogP contribution < -0.4 is 10.6 Å². The van der Waals surface area contributed by atoms with Crippen molar-refractivity contribution in [1.29, 1.82) is 0 Å². The Morgan fingerprint density at radius 3 is 2.59 bits per heavy atom. The molecule has 0 saturated heterocycles. The summed E-state index contributed by atoms with van der Waals surface area (Å²) in [5.74, 6) is 1.95. The summed E-state index contributed by atoms with van der Waals surface area (Å²) in [6.45, 7) is 8.63. The second kappa shape index (κ2) is 11.8. The molecule has 9 heteroatoms. The average molecular weight is 524 g/mol. The molecule has 1 aromatic heterocycles. The largest absolute Gasteiger partial charge is 0.357 e. The van der Waals surface area contributed by atoms with E-state index >= 15 is 0 Å². The Morgan fingerprint density at radius 1 is 1.26 bits per heavy atom. The van der Waals surface area contributed by atoms with Crippen LogP contribution in [0.2, 0.25) is 5.02 Å². The van der Waals surface area contributed by atoms with Crippen molar-refractivity contribution in [2.24, 2.45) is 4.99 Å². The van der Waals surface area contributed by atoms with Gasteiger partial charge < -0.3 is 15.2 Å². The Bertz CT molecular complexity index is 721. The molecule has 0 amide bonds. The van der Waals surface area contributed by atoms with Crippen molar-refractivity contribution >= 4 is 53.3 Å². The number of rotatable bonds is 8. The third-order valence-corrected chi connectivity index (χ3v) is 5.20. The van der Waals surface area contributed by atoms with Crippen LogP contribution in [0.4, 0.5) is 0 Å². The van der Waals surface area contributed by atoms with E-state index in [-0.39, 0.29) is 28.7 Å². The van der Waals surface area contributed by atoms with E-state index in [1.54, 1.807) is 11.8 Å². The maximum absolute atomic E-state index is 5.90. The van der Waals surface area contributed by atoms with Crippen LogP contribution in [0.5, 0.6) is 0 Å². The number of aromatic nitrogens is 2. The number of halogens is 2. The van der Waals surface area contributed by atoms with Gasteiger partial charge in [0.05, 0.1) is 6.54 Å². The summed E-state index contributed by atoms with van der Waals surface area (Å²) in [4.78, 5) is 9.07. The van der Waals surface area contributed by atoms with Crippen LogP contribution in [0.1, 0.15) is 26.7 Å². The van der Waals surface area contributed by atoms with Crippen LogP contribution in [-0.2, 0) is 6.42 Å². The summed E-state index contributed by atoms with van der Waals surface area (Å²) in [6.07, 6.45) is 2.72. The first-order chi connectivity index (χ1) is 12.4. The summed E-state index contributed by atoms with van der Waals surface area (Å²) in [5.41, 5.74) is 0.881. The molecule has 2 aromatic rings. The van der Waals surface area contributed by atoms with Gasteiger partial charge in [0, 0.05) is 34.8 Å². The number of nitrogens with zero attached hydrogens (tertiary/aromatic N) is 3. The molecular weight excluding hydrogens is 497 g/mol.